The zero-order valence-corrected chi connectivity index (χ0v) is 18.3. The van der Waals surface area contributed by atoms with Gasteiger partial charge in [0, 0.05) is 16.5 Å². The number of aromatic nitrogens is 2. The third-order valence-electron chi connectivity index (χ3n) is 6.58. The van der Waals surface area contributed by atoms with Crippen molar-refractivity contribution in [3.63, 3.8) is 0 Å². The van der Waals surface area contributed by atoms with Crippen LogP contribution in [-0.2, 0) is 4.74 Å². The standard InChI is InChI=1S/C24H29N3O3/c1-12-6-16(13(2)26-23(28)30-24(3,4)5)21-18(7-12)20-22(29-21)19(11-25-27-20)17-10-14-8-15(17)9-14/h6-7,11,13-15,17H,8-10H2,1-5H3,(H,26,28)/t13-,14?,15?,17?/m1/s1. The van der Waals surface area contributed by atoms with E-state index < -0.39 is 11.7 Å². The molecule has 2 aromatic heterocycles. The molecule has 3 aliphatic rings. The quantitative estimate of drug-likeness (QED) is 0.595. The zero-order valence-electron chi connectivity index (χ0n) is 18.3. The third kappa shape index (κ3) is 3.22. The number of hydrogen-bond acceptors (Lipinski definition) is 5. The van der Waals surface area contributed by atoms with Crippen LogP contribution in [-0.4, -0.2) is 21.9 Å². The van der Waals surface area contributed by atoms with E-state index in [0.717, 1.165) is 45.0 Å². The van der Waals surface area contributed by atoms with Crippen LogP contribution < -0.4 is 5.32 Å². The van der Waals surface area contributed by atoms with Crippen LogP contribution in [0.15, 0.2) is 22.7 Å². The minimum atomic E-state index is -0.544. The van der Waals surface area contributed by atoms with Gasteiger partial charge in [0.2, 0.25) is 0 Å². The van der Waals surface area contributed by atoms with Crippen molar-refractivity contribution in [3.05, 3.63) is 35.0 Å². The number of aryl methyl sites for hydroxylation is 1. The van der Waals surface area contributed by atoms with Gasteiger partial charge in [-0.25, -0.2) is 4.79 Å². The van der Waals surface area contributed by atoms with E-state index >= 15 is 0 Å². The van der Waals surface area contributed by atoms with Crippen LogP contribution in [0.2, 0.25) is 0 Å². The van der Waals surface area contributed by atoms with Crippen molar-refractivity contribution in [2.75, 3.05) is 0 Å². The first-order valence-corrected chi connectivity index (χ1v) is 10.9. The molecule has 3 saturated carbocycles. The van der Waals surface area contributed by atoms with Crippen LogP contribution in [0.3, 0.4) is 0 Å². The molecule has 3 aromatic rings. The molecule has 0 aliphatic heterocycles. The summed E-state index contributed by atoms with van der Waals surface area (Å²) in [5.41, 5.74) is 5.11. The number of alkyl carbamates (subject to hydrolysis) is 1. The lowest BCUT2D eigenvalue weighted by Crippen LogP contribution is -2.34. The Hall–Kier alpha value is -2.63. The number of ether oxygens (including phenoxy) is 1. The lowest BCUT2D eigenvalue weighted by molar-refractivity contribution is 0.0508. The lowest BCUT2D eigenvalue weighted by atomic mass is 9.81. The van der Waals surface area contributed by atoms with Crippen molar-refractivity contribution in [1.82, 2.24) is 15.5 Å². The van der Waals surface area contributed by atoms with E-state index in [-0.39, 0.29) is 6.04 Å². The Morgan fingerprint density at radius 1 is 1.23 bits per heavy atom. The van der Waals surface area contributed by atoms with E-state index in [9.17, 15) is 4.79 Å². The summed E-state index contributed by atoms with van der Waals surface area (Å²) >= 11 is 0. The van der Waals surface area contributed by atoms with Crippen molar-refractivity contribution < 1.29 is 13.9 Å². The molecule has 0 radical (unpaired) electrons. The molecule has 2 heterocycles. The SMILES string of the molecule is Cc1cc([C@@H](C)NC(=O)OC(C)(C)C)c2oc3c(C4CC5CC4C5)cnnc3c2c1. The molecule has 6 heteroatoms. The summed E-state index contributed by atoms with van der Waals surface area (Å²) < 4.78 is 11.9. The molecule has 6 nitrogen and oxygen atoms in total. The van der Waals surface area contributed by atoms with Gasteiger partial charge in [-0.15, -0.1) is 5.10 Å². The topological polar surface area (TPSA) is 77.2 Å². The average molecular weight is 408 g/mol. The maximum atomic E-state index is 12.3. The van der Waals surface area contributed by atoms with Gasteiger partial charge in [-0.2, -0.15) is 5.10 Å². The average Bonchev–Trinajstić information content (AvgIpc) is 3.30. The number of rotatable bonds is 3. The molecule has 30 heavy (non-hydrogen) atoms. The molecule has 2 atom stereocenters. The van der Waals surface area contributed by atoms with Crippen LogP contribution in [0.1, 0.15) is 75.6 Å². The Bertz CT molecular complexity index is 1140. The summed E-state index contributed by atoms with van der Waals surface area (Å²) in [7, 11) is 0. The van der Waals surface area contributed by atoms with Gasteiger partial charge < -0.3 is 14.5 Å². The molecular weight excluding hydrogens is 378 g/mol. The normalized spacial score (nSPS) is 24.1. The van der Waals surface area contributed by atoms with Gasteiger partial charge in [0.05, 0.1) is 12.2 Å². The van der Waals surface area contributed by atoms with E-state index in [1.54, 1.807) is 0 Å². The van der Waals surface area contributed by atoms with Crippen molar-refractivity contribution in [2.24, 2.45) is 11.8 Å². The monoisotopic (exact) mass is 407 g/mol. The van der Waals surface area contributed by atoms with Gasteiger partial charge in [-0.1, -0.05) is 6.07 Å². The van der Waals surface area contributed by atoms with Crippen LogP contribution in [0.5, 0.6) is 0 Å². The summed E-state index contributed by atoms with van der Waals surface area (Å²) in [6, 6.07) is 3.89. The molecule has 158 valence electrons. The maximum absolute atomic E-state index is 12.3. The minimum absolute atomic E-state index is 0.265. The number of nitrogens with one attached hydrogen (secondary N) is 1. The largest absolute Gasteiger partial charge is 0.454 e. The number of fused-ring (bicyclic) bond motifs is 4. The smallest absolute Gasteiger partial charge is 0.408 e. The van der Waals surface area contributed by atoms with E-state index in [2.05, 4.69) is 27.6 Å². The molecule has 1 amide bonds. The number of nitrogens with zero attached hydrogens (tertiary/aromatic N) is 2. The highest BCUT2D eigenvalue weighted by Crippen LogP contribution is 2.57. The molecule has 1 unspecified atom stereocenters. The maximum Gasteiger partial charge on any atom is 0.408 e. The van der Waals surface area contributed by atoms with E-state index in [0.29, 0.717) is 5.92 Å². The summed E-state index contributed by atoms with van der Waals surface area (Å²) in [6.45, 7) is 9.56. The first kappa shape index (κ1) is 19.3. The summed E-state index contributed by atoms with van der Waals surface area (Å²) in [6.07, 6.45) is 5.34. The minimum Gasteiger partial charge on any atom is -0.454 e. The number of amides is 1. The van der Waals surface area contributed by atoms with Crippen LogP contribution in [0.25, 0.3) is 22.1 Å². The zero-order chi connectivity index (χ0) is 21.2. The highest BCUT2D eigenvalue weighted by molar-refractivity contribution is 6.04. The fourth-order valence-corrected chi connectivity index (χ4v) is 5.25. The molecular formula is C24H29N3O3. The fourth-order valence-electron chi connectivity index (χ4n) is 5.25. The summed E-state index contributed by atoms with van der Waals surface area (Å²) in [5.74, 6) is 2.14. The predicted octanol–water partition coefficient (Wildman–Crippen LogP) is 5.78. The van der Waals surface area contributed by atoms with Gasteiger partial charge in [0.25, 0.3) is 0 Å². The Kier molecular flexibility index (Phi) is 4.31. The van der Waals surface area contributed by atoms with Gasteiger partial charge >= 0.3 is 6.09 Å². The number of hydrogen-bond donors (Lipinski definition) is 1. The number of carbonyl (C=O) groups is 1. The molecule has 0 spiro atoms. The first-order chi connectivity index (χ1) is 14.2. The lowest BCUT2D eigenvalue weighted by Gasteiger charge is -2.24. The highest BCUT2D eigenvalue weighted by Gasteiger charge is 2.46. The number of benzene rings is 1. The second-order valence-corrected chi connectivity index (χ2v) is 10.1. The Labute approximate surface area is 176 Å². The van der Waals surface area contributed by atoms with Crippen LogP contribution >= 0.6 is 0 Å². The summed E-state index contributed by atoms with van der Waals surface area (Å²) in [5, 5.41) is 12.7. The number of carbonyl (C=O) groups excluding carboxylic acids is 1. The number of furan rings is 1. The van der Waals surface area contributed by atoms with E-state index in [1.165, 1.54) is 24.8 Å². The van der Waals surface area contributed by atoms with E-state index in [4.69, 9.17) is 9.15 Å². The molecule has 3 aliphatic carbocycles. The second-order valence-electron chi connectivity index (χ2n) is 10.1. The molecule has 3 fully saturated rings. The molecule has 1 N–H and O–H groups in total. The van der Waals surface area contributed by atoms with Crippen molar-refractivity contribution in [3.8, 4) is 0 Å². The molecule has 1 aromatic carbocycles. The van der Waals surface area contributed by atoms with Gasteiger partial charge in [-0.3, -0.25) is 0 Å². The predicted molar refractivity (Wildman–Crippen MR) is 115 cm³/mol. The van der Waals surface area contributed by atoms with Crippen LogP contribution in [0, 0.1) is 18.8 Å². The van der Waals surface area contributed by atoms with Crippen molar-refractivity contribution in [2.45, 2.75) is 71.4 Å². The third-order valence-corrected chi connectivity index (χ3v) is 6.58. The van der Waals surface area contributed by atoms with Gasteiger partial charge in [-0.05, 0) is 83.3 Å². The molecule has 2 bridgehead atoms. The Balaban J connectivity index is 1.57. The van der Waals surface area contributed by atoms with Gasteiger partial charge in [0.15, 0.2) is 5.58 Å². The Morgan fingerprint density at radius 3 is 2.67 bits per heavy atom. The highest BCUT2D eigenvalue weighted by atomic mass is 16.6. The van der Waals surface area contributed by atoms with Crippen molar-refractivity contribution >= 4 is 28.2 Å². The summed E-state index contributed by atoms with van der Waals surface area (Å²) in [4.78, 5) is 12.3. The Morgan fingerprint density at radius 2 is 2.00 bits per heavy atom. The molecule has 6 rings (SSSR count). The van der Waals surface area contributed by atoms with Gasteiger partial charge in [0.1, 0.15) is 16.7 Å². The molecule has 0 saturated heterocycles. The fraction of sp³-hybridized carbons (Fsp3) is 0.542. The second kappa shape index (κ2) is 6.69. The van der Waals surface area contributed by atoms with Crippen molar-refractivity contribution in [1.29, 1.82) is 0 Å². The van der Waals surface area contributed by atoms with Crippen LogP contribution in [0.4, 0.5) is 4.79 Å². The first-order valence-electron chi connectivity index (χ1n) is 10.9. The van der Waals surface area contributed by atoms with E-state index in [1.807, 2.05) is 40.8 Å².